The van der Waals surface area contributed by atoms with Crippen molar-refractivity contribution in [2.75, 3.05) is 0 Å². The number of furan rings is 1. The summed E-state index contributed by atoms with van der Waals surface area (Å²) >= 11 is 0. The Labute approximate surface area is 203 Å². The molecule has 1 amide bonds. The number of benzene rings is 3. The first-order valence-electron chi connectivity index (χ1n) is 11.5. The van der Waals surface area contributed by atoms with Gasteiger partial charge in [0.15, 0.2) is 11.9 Å². The zero-order valence-electron chi connectivity index (χ0n) is 19.2. The van der Waals surface area contributed by atoms with Crippen molar-refractivity contribution >= 4 is 5.91 Å². The van der Waals surface area contributed by atoms with E-state index in [-0.39, 0.29) is 11.9 Å². The maximum Gasteiger partial charge on any atom is 0.261 e. The summed E-state index contributed by atoms with van der Waals surface area (Å²) in [5.41, 5.74) is 4.31. The molecular formula is C29H25N3O3. The minimum absolute atomic E-state index is 0.246. The number of rotatable bonds is 8. The molecule has 3 aromatic carbocycles. The lowest BCUT2D eigenvalue weighted by Crippen LogP contribution is -2.39. The molecule has 0 bridgehead atoms. The summed E-state index contributed by atoms with van der Waals surface area (Å²) in [6, 6.07) is 32.9. The summed E-state index contributed by atoms with van der Waals surface area (Å²) in [5.74, 6) is 0.724. The first kappa shape index (κ1) is 22.2. The Hall–Kier alpha value is -4.58. The lowest BCUT2D eigenvalue weighted by atomic mass is 9.98. The van der Waals surface area contributed by atoms with Gasteiger partial charge in [-0.1, -0.05) is 91.0 Å². The van der Waals surface area contributed by atoms with Crippen LogP contribution in [-0.4, -0.2) is 22.2 Å². The molecule has 5 rings (SSSR count). The molecule has 5 aromatic rings. The second-order valence-corrected chi connectivity index (χ2v) is 8.15. The quantitative estimate of drug-likeness (QED) is 0.295. The minimum atomic E-state index is -0.792. The minimum Gasteiger partial charge on any atom is -0.463 e. The van der Waals surface area contributed by atoms with Gasteiger partial charge in [-0.15, -0.1) is 5.10 Å². The van der Waals surface area contributed by atoms with Crippen LogP contribution in [0.15, 0.2) is 114 Å². The molecule has 0 saturated carbocycles. The van der Waals surface area contributed by atoms with Gasteiger partial charge in [-0.05, 0) is 35.7 Å². The molecule has 0 radical (unpaired) electrons. The fraction of sp³-hybridized carbons (Fsp3) is 0.103. The molecule has 0 aliphatic heterocycles. The molecule has 6 heteroatoms. The second-order valence-electron chi connectivity index (χ2n) is 8.15. The van der Waals surface area contributed by atoms with E-state index < -0.39 is 6.10 Å². The number of carbonyl (C=O) groups excluding carboxylic acids is 1. The van der Waals surface area contributed by atoms with Crippen LogP contribution in [0.3, 0.4) is 0 Å². The van der Waals surface area contributed by atoms with Crippen LogP contribution in [0.1, 0.15) is 24.1 Å². The van der Waals surface area contributed by atoms with E-state index in [1.807, 2.05) is 103 Å². The largest absolute Gasteiger partial charge is 0.463 e. The van der Waals surface area contributed by atoms with Crippen LogP contribution in [0, 0.1) is 0 Å². The van der Waals surface area contributed by atoms with Crippen LogP contribution in [0.5, 0.6) is 5.88 Å². The molecule has 2 N–H and O–H groups in total. The van der Waals surface area contributed by atoms with E-state index in [1.54, 1.807) is 13.2 Å². The fourth-order valence-corrected chi connectivity index (χ4v) is 4.01. The first-order chi connectivity index (χ1) is 17.2. The summed E-state index contributed by atoms with van der Waals surface area (Å²) in [5, 5.41) is 10.5. The van der Waals surface area contributed by atoms with Gasteiger partial charge in [0.2, 0.25) is 5.88 Å². The van der Waals surface area contributed by atoms with Gasteiger partial charge in [-0.2, -0.15) is 0 Å². The van der Waals surface area contributed by atoms with Crippen molar-refractivity contribution in [2.45, 2.75) is 19.1 Å². The normalized spacial score (nSPS) is 11.8. The van der Waals surface area contributed by atoms with Gasteiger partial charge in [0.1, 0.15) is 5.69 Å². The van der Waals surface area contributed by atoms with Crippen LogP contribution in [0.2, 0.25) is 0 Å². The van der Waals surface area contributed by atoms with Crippen LogP contribution in [0.25, 0.3) is 22.6 Å². The molecule has 0 aliphatic rings. The molecule has 174 valence electrons. The highest BCUT2D eigenvalue weighted by molar-refractivity contribution is 5.84. The molecule has 1 unspecified atom stereocenters. The molecule has 0 saturated heterocycles. The molecule has 6 nitrogen and oxygen atoms in total. The smallest absolute Gasteiger partial charge is 0.261 e. The zero-order chi connectivity index (χ0) is 24.0. The number of H-pyrrole nitrogens is 1. The molecule has 1 atom stereocenters. The number of carbonyl (C=O) groups is 1. The highest BCUT2D eigenvalue weighted by atomic mass is 16.5. The Balaban J connectivity index is 1.41. The summed E-state index contributed by atoms with van der Waals surface area (Å²) in [7, 11) is 0. The van der Waals surface area contributed by atoms with Crippen molar-refractivity contribution in [2.24, 2.45) is 0 Å². The number of hydrogen-bond acceptors (Lipinski definition) is 4. The van der Waals surface area contributed by atoms with Gasteiger partial charge >= 0.3 is 0 Å². The van der Waals surface area contributed by atoms with E-state index in [0.29, 0.717) is 17.3 Å². The van der Waals surface area contributed by atoms with Gasteiger partial charge in [0.05, 0.1) is 17.9 Å². The van der Waals surface area contributed by atoms with E-state index in [0.717, 1.165) is 22.3 Å². The zero-order valence-corrected chi connectivity index (χ0v) is 19.2. The van der Waals surface area contributed by atoms with Gasteiger partial charge in [-0.25, -0.2) is 0 Å². The third kappa shape index (κ3) is 4.87. The lowest BCUT2D eigenvalue weighted by molar-refractivity contribution is -0.127. The number of ether oxygens (including phenoxy) is 1. The predicted molar refractivity (Wildman–Crippen MR) is 135 cm³/mol. The SMILES string of the molecule is CC(Oc1n[nH]c(-c2ccco2)c1-c1ccccc1)C(=O)NC(c1ccccc1)c1ccccc1. The van der Waals surface area contributed by atoms with Crippen molar-refractivity contribution in [3.63, 3.8) is 0 Å². The Kier molecular flexibility index (Phi) is 6.44. The van der Waals surface area contributed by atoms with Gasteiger partial charge < -0.3 is 14.5 Å². The van der Waals surface area contributed by atoms with Crippen molar-refractivity contribution in [1.82, 2.24) is 15.5 Å². The summed E-state index contributed by atoms with van der Waals surface area (Å²) < 4.78 is 11.7. The number of aromatic amines is 1. The summed E-state index contributed by atoms with van der Waals surface area (Å²) in [6.07, 6.45) is 0.814. The standard InChI is InChI=1S/C29H25N3O3/c1-20(28(33)30-26(22-14-7-3-8-15-22)23-16-9-4-10-17-23)35-29-25(21-12-5-2-6-13-21)27(31-32-29)24-18-11-19-34-24/h2-20,26H,1H3,(H,30,33)(H,31,32). The average molecular weight is 464 g/mol. The maximum absolute atomic E-state index is 13.3. The highest BCUT2D eigenvalue weighted by Gasteiger charge is 2.26. The molecule has 35 heavy (non-hydrogen) atoms. The van der Waals surface area contributed by atoms with Gasteiger partial charge in [0.25, 0.3) is 5.91 Å². The van der Waals surface area contributed by atoms with E-state index in [1.165, 1.54) is 0 Å². The van der Waals surface area contributed by atoms with Gasteiger partial charge in [0, 0.05) is 0 Å². The topological polar surface area (TPSA) is 80.2 Å². The van der Waals surface area contributed by atoms with E-state index >= 15 is 0 Å². The van der Waals surface area contributed by atoms with Gasteiger partial charge in [-0.3, -0.25) is 9.89 Å². The number of aromatic nitrogens is 2. The fourth-order valence-electron chi connectivity index (χ4n) is 4.01. The van der Waals surface area contributed by atoms with Crippen LogP contribution >= 0.6 is 0 Å². The molecule has 0 aliphatic carbocycles. The Bertz CT molecular complexity index is 1330. The summed E-state index contributed by atoms with van der Waals surface area (Å²) in [4.78, 5) is 13.3. The second kappa shape index (κ2) is 10.1. The number of amides is 1. The average Bonchev–Trinajstić information content (AvgIpc) is 3.59. The molecular weight excluding hydrogens is 438 g/mol. The van der Waals surface area contributed by atoms with Crippen molar-refractivity contribution in [3.05, 3.63) is 121 Å². The summed E-state index contributed by atoms with van der Waals surface area (Å²) in [6.45, 7) is 1.72. The Morgan fingerprint density at radius 1 is 0.857 bits per heavy atom. The number of nitrogens with zero attached hydrogens (tertiary/aromatic N) is 1. The molecule has 0 fully saturated rings. The highest BCUT2D eigenvalue weighted by Crippen LogP contribution is 2.38. The van der Waals surface area contributed by atoms with E-state index in [9.17, 15) is 4.79 Å². The monoisotopic (exact) mass is 463 g/mol. The predicted octanol–water partition coefficient (Wildman–Crippen LogP) is 6.01. The third-order valence-electron chi connectivity index (χ3n) is 5.77. The van der Waals surface area contributed by atoms with E-state index in [4.69, 9.17) is 9.15 Å². The number of nitrogens with one attached hydrogen (secondary N) is 2. The molecule has 2 aromatic heterocycles. The van der Waals surface area contributed by atoms with Crippen molar-refractivity contribution < 1.29 is 13.9 Å². The third-order valence-corrected chi connectivity index (χ3v) is 5.77. The van der Waals surface area contributed by atoms with Crippen molar-refractivity contribution in [1.29, 1.82) is 0 Å². The molecule has 0 spiro atoms. The molecule has 2 heterocycles. The maximum atomic E-state index is 13.3. The van der Waals surface area contributed by atoms with Crippen molar-refractivity contribution in [3.8, 4) is 28.5 Å². The lowest BCUT2D eigenvalue weighted by Gasteiger charge is -2.22. The van der Waals surface area contributed by atoms with E-state index in [2.05, 4.69) is 15.5 Å². The van der Waals surface area contributed by atoms with Crippen LogP contribution < -0.4 is 10.1 Å². The number of hydrogen-bond donors (Lipinski definition) is 2. The first-order valence-corrected chi connectivity index (χ1v) is 11.5. The van der Waals surface area contributed by atoms with Crippen LogP contribution in [0.4, 0.5) is 0 Å². The Morgan fingerprint density at radius 2 is 1.46 bits per heavy atom. The Morgan fingerprint density at radius 3 is 2.03 bits per heavy atom. The van der Waals surface area contributed by atoms with Crippen LogP contribution in [-0.2, 0) is 4.79 Å².